The van der Waals surface area contributed by atoms with Crippen LogP contribution in [0.4, 0.5) is 4.79 Å². The maximum Gasteiger partial charge on any atom is 0.407 e. The molecule has 5 unspecified atom stereocenters. The van der Waals surface area contributed by atoms with E-state index in [1.165, 1.54) is 49.7 Å². The van der Waals surface area contributed by atoms with E-state index in [-0.39, 0.29) is 18.8 Å². The zero-order valence-electron chi connectivity index (χ0n) is 26.8. The number of hydrogen-bond donors (Lipinski definition) is 3. The number of alkyl carbamates (subject to hydrolysis) is 1. The first-order chi connectivity index (χ1) is 19.5. The Morgan fingerprint density at radius 2 is 1.83 bits per heavy atom. The van der Waals surface area contributed by atoms with Crippen LogP contribution >= 0.6 is 0 Å². The van der Waals surface area contributed by atoms with Crippen molar-refractivity contribution in [1.82, 2.24) is 5.32 Å². The molecule has 0 spiro atoms. The summed E-state index contributed by atoms with van der Waals surface area (Å²) in [5.41, 5.74) is 3.86. The molecule has 0 aromatic heterocycles. The van der Waals surface area contributed by atoms with Gasteiger partial charge in [0.25, 0.3) is 0 Å². The summed E-state index contributed by atoms with van der Waals surface area (Å²) < 4.78 is 5.80. The number of amides is 1. The lowest BCUT2D eigenvalue weighted by atomic mass is 9.60. The van der Waals surface area contributed by atoms with Gasteiger partial charge in [-0.25, -0.2) is 4.79 Å². The second-order valence-electron chi connectivity index (χ2n) is 14.4. The number of allylic oxidation sites excluding steroid dienone is 4. The zero-order valence-corrected chi connectivity index (χ0v) is 26.8. The standard InChI is InChI=1S/C36H61NO4/c1-27-16-19-31(41-34(39)37-24-10-8-6-7-9-11-25-38)26-30(27)18-17-29-15-13-23-36(5)32(20-21-33(29)36)28(2)14-12-22-35(3,4)40/h17-18,28,31-33,38,40H,1,6-16,19-26H2,2-5H3,(H,37,39). The number of fused-ring (bicyclic) bond motifs is 1. The summed E-state index contributed by atoms with van der Waals surface area (Å²) in [4.78, 5) is 12.4. The van der Waals surface area contributed by atoms with Crippen LogP contribution in [0.15, 0.2) is 35.5 Å². The highest BCUT2D eigenvalue weighted by Crippen LogP contribution is 2.60. The molecule has 3 aliphatic rings. The number of nitrogens with one attached hydrogen (secondary N) is 1. The average Bonchev–Trinajstić information content (AvgIpc) is 3.27. The van der Waals surface area contributed by atoms with Crippen LogP contribution in [0, 0.1) is 23.2 Å². The normalized spacial score (nSPS) is 29.5. The first kappa shape index (κ1) is 33.9. The van der Waals surface area contributed by atoms with Crippen LogP contribution in [0.1, 0.15) is 137 Å². The van der Waals surface area contributed by atoms with E-state index in [0.29, 0.717) is 23.8 Å². The lowest BCUT2D eigenvalue weighted by Crippen LogP contribution is -2.36. The highest BCUT2D eigenvalue weighted by atomic mass is 16.6. The van der Waals surface area contributed by atoms with E-state index in [9.17, 15) is 9.90 Å². The molecule has 3 aliphatic carbocycles. The number of rotatable bonds is 15. The van der Waals surface area contributed by atoms with Crippen LogP contribution in [0.3, 0.4) is 0 Å². The molecular formula is C36H61NO4. The molecule has 0 radical (unpaired) electrons. The van der Waals surface area contributed by atoms with E-state index in [1.807, 2.05) is 13.8 Å². The monoisotopic (exact) mass is 571 g/mol. The second-order valence-corrected chi connectivity index (χ2v) is 14.4. The van der Waals surface area contributed by atoms with Crippen LogP contribution in [-0.2, 0) is 4.74 Å². The van der Waals surface area contributed by atoms with Gasteiger partial charge < -0.3 is 20.3 Å². The van der Waals surface area contributed by atoms with Crippen molar-refractivity contribution in [3.63, 3.8) is 0 Å². The molecule has 234 valence electrons. The fourth-order valence-electron chi connectivity index (χ4n) is 8.08. The lowest BCUT2D eigenvalue weighted by molar-refractivity contribution is 0.0596. The Bertz CT molecular complexity index is 900. The molecule has 3 saturated carbocycles. The van der Waals surface area contributed by atoms with Gasteiger partial charge in [-0.1, -0.05) is 82.2 Å². The molecule has 5 atom stereocenters. The maximum absolute atomic E-state index is 12.4. The number of aliphatic hydroxyl groups excluding tert-OH is 1. The van der Waals surface area contributed by atoms with Crippen molar-refractivity contribution in [2.45, 2.75) is 149 Å². The predicted octanol–water partition coefficient (Wildman–Crippen LogP) is 8.80. The Kier molecular flexibility index (Phi) is 13.5. The zero-order chi connectivity index (χ0) is 29.9. The van der Waals surface area contributed by atoms with E-state index >= 15 is 0 Å². The molecule has 3 fully saturated rings. The van der Waals surface area contributed by atoms with E-state index < -0.39 is 5.60 Å². The molecule has 3 rings (SSSR count). The molecule has 3 N–H and O–H groups in total. The molecule has 1 amide bonds. The van der Waals surface area contributed by atoms with Crippen LogP contribution in [-0.4, -0.2) is 41.2 Å². The topological polar surface area (TPSA) is 78.8 Å². The molecule has 0 bridgehead atoms. The minimum atomic E-state index is -0.561. The van der Waals surface area contributed by atoms with Gasteiger partial charge in [-0.3, -0.25) is 0 Å². The first-order valence-corrected chi connectivity index (χ1v) is 16.9. The van der Waals surface area contributed by atoms with Crippen molar-refractivity contribution in [3.8, 4) is 0 Å². The second kappa shape index (κ2) is 16.3. The van der Waals surface area contributed by atoms with Crippen molar-refractivity contribution in [2.75, 3.05) is 13.2 Å². The fourth-order valence-corrected chi connectivity index (χ4v) is 8.08. The molecule has 0 aromatic carbocycles. The van der Waals surface area contributed by atoms with E-state index in [1.54, 1.807) is 5.57 Å². The molecule has 0 heterocycles. The van der Waals surface area contributed by atoms with Crippen LogP contribution in [0.5, 0.6) is 0 Å². The van der Waals surface area contributed by atoms with Gasteiger partial charge in [0.2, 0.25) is 0 Å². The minimum absolute atomic E-state index is 0.0825. The van der Waals surface area contributed by atoms with Gasteiger partial charge in [-0.15, -0.1) is 0 Å². The summed E-state index contributed by atoms with van der Waals surface area (Å²) in [5, 5.41) is 21.9. The summed E-state index contributed by atoms with van der Waals surface area (Å²) in [5.74, 6) is 2.13. The Hall–Kier alpha value is -1.59. The Morgan fingerprint density at radius 3 is 2.56 bits per heavy atom. The van der Waals surface area contributed by atoms with Crippen LogP contribution in [0.25, 0.3) is 0 Å². The number of unbranched alkanes of at least 4 members (excludes halogenated alkanes) is 5. The van der Waals surface area contributed by atoms with Gasteiger partial charge >= 0.3 is 6.09 Å². The fraction of sp³-hybridized carbons (Fsp3) is 0.806. The largest absolute Gasteiger partial charge is 0.446 e. The first-order valence-electron chi connectivity index (χ1n) is 16.9. The highest BCUT2D eigenvalue weighted by Gasteiger charge is 2.50. The van der Waals surface area contributed by atoms with Crippen molar-refractivity contribution in [3.05, 3.63) is 35.5 Å². The van der Waals surface area contributed by atoms with Crippen LogP contribution < -0.4 is 5.32 Å². The smallest absolute Gasteiger partial charge is 0.407 e. The third-order valence-corrected chi connectivity index (χ3v) is 10.5. The average molecular weight is 572 g/mol. The third kappa shape index (κ3) is 10.6. The van der Waals surface area contributed by atoms with Gasteiger partial charge in [0.05, 0.1) is 5.60 Å². The SMILES string of the molecule is C=C1CCC(OC(=O)NCCCCCCCCO)CC1=CC=C1CCCC2(C)C1CCC2C(C)CCCC(C)(C)O. The van der Waals surface area contributed by atoms with Gasteiger partial charge in [0.15, 0.2) is 0 Å². The van der Waals surface area contributed by atoms with E-state index in [0.717, 1.165) is 76.5 Å². The number of hydrogen-bond acceptors (Lipinski definition) is 4. The number of ether oxygens (including phenoxy) is 1. The summed E-state index contributed by atoms with van der Waals surface area (Å²) in [7, 11) is 0. The molecule has 5 heteroatoms. The van der Waals surface area contributed by atoms with Crippen molar-refractivity contribution in [2.24, 2.45) is 23.2 Å². The Labute approximate surface area is 251 Å². The number of carbonyl (C=O) groups is 1. The predicted molar refractivity (Wildman–Crippen MR) is 170 cm³/mol. The minimum Gasteiger partial charge on any atom is -0.446 e. The summed E-state index contributed by atoms with van der Waals surface area (Å²) in [6, 6.07) is 0. The molecular weight excluding hydrogens is 510 g/mol. The van der Waals surface area contributed by atoms with Gasteiger partial charge in [0.1, 0.15) is 6.10 Å². The van der Waals surface area contributed by atoms with Crippen molar-refractivity contribution < 1.29 is 19.7 Å². The number of aliphatic hydroxyl groups is 2. The van der Waals surface area contributed by atoms with Crippen LogP contribution in [0.2, 0.25) is 0 Å². The van der Waals surface area contributed by atoms with Crippen molar-refractivity contribution >= 4 is 6.09 Å². The lowest BCUT2D eigenvalue weighted by Gasteiger charge is -2.44. The molecule has 5 nitrogen and oxygen atoms in total. The van der Waals surface area contributed by atoms with Gasteiger partial charge in [0, 0.05) is 19.6 Å². The van der Waals surface area contributed by atoms with E-state index in [2.05, 4.69) is 37.9 Å². The maximum atomic E-state index is 12.4. The third-order valence-electron chi connectivity index (χ3n) is 10.5. The molecule has 0 aliphatic heterocycles. The Morgan fingerprint density at radius 1 is 1.10 bits per heavy atom. The van der Waals surface area contributed by atoms with Crippen molar-refractivity contribution in [1.29, 1.82) is 0 Å². The summed E-state index contributed by atoms with van der Waals surface area (Å²) in [6.45, 7) is 14.1. The summed E-state index contributed by atoms with van der Waals surface area (Å²) in [6.07, 6.45) is 22.7. The van der Waals surface area contributed by atoms with Gasteiger partial charge in [-0.2, -0.15) is 0 Å². The molecule has 41 heavy (non-hydrogen) atoms. The molecule has 0 saturated heterocycles. The quantitative estimate of drug-likeness (QED) is 0.172. The Balaban J connectivity index is 1.50. The summed E-state index contributed by atoms with van der Waals surface area (Å²) >= 11 is 0. The number of carbonyl (C=O) groups excluding carboxylic acids is 1. The highest BCUT2D eigenvalue weighted by molar-refractivity contribution is 5.67. The van der Waals surface area contributed by atoms with E-state index in [4.69, 9.17) is 9.84 Å². The molecule has 0 aromatic rings. The van der Waals surface area contributed by atoms with Gasteiger partial charge in [-0.05, 0) is 107 Å².